The van der Waals surface area contributed by atoms with Gasteiger partial charge in [-0.15, -0.1) is 0 Å². The van der Waals surface area contributed by atoms with Crippen LogP contribution in [0.5, 0.6) is 0 Å². The Morgan fingerprint density at radius 2 is 2.19 bits per heavy atom. The Morgan fingerprint density at radius 1 is 1.48 bits per heavy atom. The molecule has 3 N–H and O–H groups in total. The van der Waals surface area contributed by atoms with Gasteiger partial charge in [0.2, 0.25) is 0 Å². The zero-order chi connectivity index (χ0) is 15.0. The van der Waals surface area contributed by atoms with E-state index in [1.807, 2.05) is 20.0 Å². The van der Waals surface area contributed by atoms with Gasteiger partial charge in [0.25, 0.3) is 5.91 Å². The number of rotatable bonds is 3. The highest BCUT2D eigenvalue weighted by atomic mass is 16.1. The van der Waals surface area contributed by atoms with E-state index in [9.17, 15) is 4.79 Å². The van der Waals surface area contributed by atoms with E-state index in [0.29, 0.717) is 12.1 Å². The monoisotopic (exact) mass is 287 g/mol. The normalized spacial score (nSPS) is 17.3. The number of fused-ring (bicyclic) bond motifs is 1. The summed E-state index contributed by atoms with van der Waals surface area (Å²) in [6, 6.07) is 1.86. The number of amides is 1. The fourth-order valence-electron chi connectivity index (χ4n) is 3.18. The molecule has 0 aromatic carbocycles. The van der Waals surface area contributed by atoms with Crippen molar-refractivity contribution < 1.29 is 4.79 Å². The van der Waals surface area contributed by atoms with Gasteiger partial charge in [0, 0.05) is 25.2 Å². The Labute approximate surface area is 123 Å². The van der Waals surface area contributed by atoms with E-state index >= 15 is 0 Å². The van der Waals surface area contributed by atoms with Crippen LogP contribution in [0.3, 0.4) is 0 Å². The predicted octanol–water partition coefficient (Wildman–Crippen LogP) is 1.28. The molecule has 0 unspecified atom stereocenters. The minimum absolute atomic E-state index is 0.0972. The average Bonchev–Trinajstić information content (AvgIpc) is 3.05. The van der Waals surface area contributed by atoms with Crippen LogP contribution in [0.2, 0.25) is 0 Å². The van der Waals surface area contributed by atoms with Crippen LogP contribution in [-0.2, 0) is 7.05 Å². The van der Waals surface area contributed by atoms with Crippen LogP contribution in [0.1, 0.15) is 41.7 Å². The number of carbonyl (C=O) groups excluding carboxylic acids is 1. The molecule has 1 saturated carbocycles. The second-order valence-corrected chi connectivity index (χ2v) is 5.95. The van der Waals surface area contributed by atoms with Crippen LogP contribution in [0.4, 0.5) is 0 Å². The topological polar surface area (TPSA) is 85.8 Å². The first kappa shape index (κ1) is 14.0. The molecule has 2 heterocycles. The van der Waals surface area contributed by atoms with Gasteiger partial charge in [-0.25, -0.2) is 4.98 Å². The molecule has 6 nitrogen and oxygen atoms in total. The Bertz CT molecular complexity index is 685. The first-order chi connectivity index (χ1) is 10.0. The Kier molecular flexibility index (Phi) is 3.41. The van der Waals surface area contributed by atoms with Crippen molar-refractivity contribution in [1.29, 1.82) is 0 Å². The van der Waals surface area contributed by atoms with E-state index in [1.54, 1.807) is 10.9 Å². The number of nitrogens with zero attached hydrogens (tertiary/aromatic N) is 3. The van der Waals surface area contributed by atoms with Crippen molar-refractivity contribution in [2.24, 2.45) is 12.8 Å². The standard InChI is InChI=1S/C15H21N5O/c1-10-12-7-11(8-17-13(12)20(2)19-10)14(21)18-15(9-16)5-3-4-6-15/h7-8H,3-6,9,16H2,1-2H3,(H,18,21). The SMILES string of the molecule is Cc1nn(C)c2ncc(C(=O)NC3(CN)CCCC3)cc12. The van der Waals surface area contributed by atoms with Crippen LogP contribution in [0.25, 0.3) is 11.0 Å². The molecular formula is C15H21N5O. The lowest BCUT2D eigenvalue weighted by molar-refractivity contribution is 0.0903. The Morgan fingerprint density at radius 3 is 2.86 bits per heavy atom. The highest BCUT2D eigenvalue weighted by molar-refractivity contribution is 5.97. The largest absolute Gasteiger partial charge is 0.345 e. The number of carbonyl (C=O) groups is 1. The van der Waals surface area contributed by atoms with Crippen molar-refractivity contribution in [3.8, 4) is 0 Å². The van der Waals surface area contributed by atoms with E-state index in [2.05, 4.69) is 15.4 Å². The fourth-order valence-corrected chi connectivity index (χ4v) is 3.18. The van der Waals surface area contributed by atoms with E-state index in [0.717, 1.165) is 42.4 Å². The highest BCUT2D eigenvalue weighted by Gasteiger charge is 2.34. The van der Waals surface area contributed by atoms with Crippen molar-refractivity contribution in [2.75, 3.05) is 6.54 Å². The molecule has 1 amide bonds. The number of hydrogen-bond acceptors (Lipinski definition) is 4. The molecule has 112 valence electrons. The molecule has 0 aliphatic heterocycles. The highest BCUT2D eigenvalue weighted by Crippen LogP contribution is 2.29. The first-order valence-electron chi connectivity index (χ1n) is 7.37. The third kappa shape index (κ3) is 2.40. The molecule has 0 atom stereocenters. The molecule has 2 aromatic heterocycles. The number of nitrogens with one attached hydrogen (secondary N) is 1. The van der Waals surface area contributed by atoms with Gasteiger partial charge in [-0.1, -0.05) is 12.8 Å². The van der Waals surface area contributed by atoms with Crippen molar-refractivity contribution in [3.63, 3.8) is 0 Å². The van der Waals surface area contributed by atoms with Crippen LogP contribution in [0.15, 0.2) is 12.3 Å². The maximum absolute atomic E-state index is 12.5. The summed E-state index contributed by atoms with van der Waals surface area (Å²) in [6.45, 7) is 2.41. The lowest BCUT2D eigenvalue weighted by atomic mass is 9.97. The zero-order valence-electron chi connectivity index (χ0n) is 12.5. The quantitative estimate of drug-likeness (QED) is 0.890. The van der Waals surface area contributed by atoms with Gasteiger partial charge in [-0.2, -0.15) is 5.10 Å². The molecule has 3 rings (SSSR count). The van der Waals surface area contributed by atoms with Gasteiger partial charge in [-0.05, 0) is 25.8 Å². The second kappa shape index (κ2) is 5.11. The van der Waals surface area contributed by atoms with Crippen molar-refractivity contribution in [1.82, 2.24) is 20.1 Å². The second-order valence-electron chi connectivity index (χ2n) is 5.95. The zero-order valence-corrected chi connectivity index (χ0v) is 12.5. The molecule has 21 heavy (non-hydrogen) atoms. The van der Waals surface area contributed by atoms with Crippen LogP contribution < -0.4 is 11.1 Å². The van der Waals surface area contributed by atoms with E-state index in [4.69, 9.17) is 5.73 Å². The average molecular weight is 287 g/mol. The Balaban J connectivity index is 1.89. The van der Waals surface area contributed by atoms with E-state index in [1.165, 1.54) is 0 Å². The molecule has 0 radical (unpaired) electrons. The predicted molar refractivity (Wildman–Crippen MR) is 81.0 cm³/mol. The summed E-state index contributed by atoms with van der Waals surface area (Å²) < 4.78 is 1.73. The van der Waals surface area contributed by atoms with Crippen molar-refractivity contribution >= 4 is 16.9 Å². The summed E-state index contributed by atoms with van der Waals surface area (Å²) in [7, 11) is 1.85. The Hall–Kier alpha value is -1.95. The molecular weight excluding hydrogens is 266 g/mol. The molecule has 1 aliphatic rings. The molecule has 1 aliphatic carbocycles. The van der Waals surface area contributed by atoms with Crippen LogP contribution >= 0.6 is 0 Å². The van der Waals surface area contributed by atoms with Crippen LogP contribution in [-0.4, -0.2) is 32.8 Å². The molecule has 0 spiro atoms. The van der Waals surface area contributed by atoms with E-state index < -0.39 is 0 Å². The first-order valence-corrected chi connectivity index (χ1v) is 7.37. The number of aromatic nitrogens is 3. The molecule has 0 bridgehead atoms. The van der Waals surface area contributed by atoms with Gasteiger partial charge < -0.3 is 11.1 Å². The fraction of sp³-hybridized carbons (Fsp3) is 0.533. The maximum atomic E-state index is 12.5. The van der Waals surface area contributed by atoms with Gasteiger partial charge in [-0.3, -0.25) is 9.48 Å². The minimum Gasteiger partial charge on any atom is -0.345 e. The summed E-state index contributed by atoms with van der Waals surface area (Å²) in [5.74, 6) is -0.0972. The lowest BCUT2D eigenvalue weighted by Crippen LogP contribution is -2.51. The maximum Gasteiger partial charge on any atom is 0.253 e. The van der Waals surface area contributed by atoms with Gasteiger partial charge >= 0.3 is 0 Å². The third-order valence-electron chi connectivity index (χ3n) is 4.46. The number of hydrogen-bond donors (Lipinski definition) is 2. The summed E-state index contributed by atoms with van der Waals surface area (Å²) in [6.07, 6.45) is 5.76. The number of pyridine rings is 1. The van der Waals surface area contributed by atoms with Crippen molar-refractivity contribution in [2.45, 2.75) is 38.1 Å². The van der Waals surface area contributed by atoms with Gasteiger partial charge in [0.1, 0.15) is 0 Å². The summed E-state index contributed by atoms with van der Waals surface area (Å²) in [5.41, 5.74) is 7.87. The summed E-state index contributed by atoms with van der Waals surface area (Å²) in [5, 5.41) is 8.36. The van der Waals surface area contributed by atoms with Gasteiger partial charge in [0.15, 0.2) is 5.65 Å². The molecule has 6 heteroatoms. The van der Waals surface area contributed by atoms with Crippen molar-refractivity contribution in [3.05, 3.63) is 23.5 Å². The lowest BCUT2D eigenvalue weighted by Gasteiger charge is -2.28. The molecule has 1 fully saturated rings. The van der Waals surface area contributed by atoms with Crippen LogP contribution in [0, 0.1) is 6.92 Å². The van der Waals surface area contributed by atoms with Gasteiger partial charge in [0.05, 0.1) is 16.8 Å². The molecule has 2 aromatic rings. The summed E-state index contributed by atoms with van der Waals surface area (Å²) in [4.78, 5) is 16.8. The third-order valence-corrected chi connectivity index (χ3v) is 4.46. The number of nitrogens with two attached hydrogens (primary N) is 1. The minimum atomic E-state index is -0.240. The molecule has 0 saturated heterocycles. The number of aryl methyl sites for hydroxylation is 2. The summed E-state index contributed by atoms with van der Waals surface area (Å²) >= 11 is 0. The smallest absolute Gasteiger partial charge is 0.253 e. The van der Waals surface area contributed by atoms with E-state index in [-0.39, 0.29) is 11.4 Å².